The molecule has 2 aromatic rings. The number of H-pyrrole nitrogens is 1. The molecule has 1 aliphatic heterocycles. The Kier molecular flexibility index (Phi) is 7.06. The predicted octanol–water partition coefficient (Wildman–Crippen LogP) is 1.34. The van der Waals surface area contributed by atoms with Gasteiger partial charge in [-0.2, -0.15) is 0 Å². The quantitative estimate of drug-likeness (QED) is 0.420. The van der Waals surface area contributed by atoms with E-state index in [1.807, 2.05) is 0 Å². The topological polar surface area (TPSA) is 150 Å². The highest BCUT2D eigenvalue weighted by Crippen LogP contribution is 2.35. The number of amides is 4. The molecule has 0 spiro atoms. The maximum absolute atomic E-state index is 13.3. The van der Waals surface area contributed by atoms with Crippen molar-refractivity contribution in [1.82, 2.24) is 25.5 Å². The third-order valence-electron chi connectivity index (χ3n) is 6.59. The van der Waals surface area contributed by atoms with E-state index in [9.17, 15) is 19.2 Å². The van der Waals surface area contributed by atoms with Gasteiger partial charge in [0.1, 0.15) is 12.1 Å². The first-order valence-corrected chi connectivity index (χ1v) is 11.9. The molecule has 0 bridgehead atoms. The monoisotopic (exact) mass is 488 g/mol. The minimum atomic E-state index is -1.00. The zero-order chi connectivity index (χ0) is 24.4. The molecule has 0 radical (unpaired) electrons. The van der Waals surface area contributed by atoms with Crippen LogP contribution in [0.15, 0.2) is 18.2 Å². The Balaban J connectivity index is 1.50. The van der Waals surface area contributed by atoms with Gasteiger partial charge in [0.05, 0.1) is 16.1 Å². The van der Waals surface area contributed by atoms with Crippen LogP contribution in [0, 0.1) is 11.8 Å². The first-order chi connectivity index (χ1) is 16.2. The second-order valence-electron chi connectivity index (χ2n) is 9.16. The fourth-order valence-corrected chi connectivity index (χ4v) is 4.59. The Bertz CT molecular complexity index is 1110. The van der Waals surface area contributed by atoms with Crippen molar-refractivity contribution in [3.8, 4) is 0 Å². The Morgan fingerprint density at radius 2 is 2.03 bits per heavy atom. The largest absolute Gasteiger partial charge is 0.368 e. The van der Waals surface area contributed by atoms with Crippen LogP contribution >= 0.6 is 11.6 Å². The molecule has 2 heterocycles. The zero-order valence-electron chi connectivity index (χ0n) is 19.0. The zero-order valence-corrected chi connectivity index (χ0v) is 19.7. The number of nitrogens with one attached hydrogen (secondary N) is 3. The van der Waals surface area contributed by atoms with Gasteiger partial charge < -0.3 is 26.3 Å². The molecule has 2 aliphatic rings. The lowest BCUT2D eigenvalue weighted by molar-refractivity contribution is -0.132. The summed E-state index contributed by atoms with van der Waals surface area (Å²) >= 11 is 6.19. The average Bonchev–Trinajstić information content (AvgIpc) is 3.52. The van der Waals surface area contributed by atoms with Crippen LogP contribution in [0.3, 0.4) is 0 Å². The highest BCUT2D eigenvalue weighted by Gasteiger charge is 2.37. The predicted molar refractivity (Wildman–Crippen MR) is 126 cm³/mol. The number of para-hydroxylation sites is 1. The van der Waals surface area contributed by atoms with E-state index in [1.54, 1.807) is 18.2 Å². The van der Waals surface area contributed by atoms with Crippen molar-refractivity contribution in [2.75, 3.05) is 13.6 Å². The van der Waals surface area contributed by atoms with Crippen LogP contribution in [-0.4, -0.2) is 64.2 Å². The summed E-state index contributed by atoms with van der Waals surface area (Å²) in [7, 11) is 1.54. The van der Waals surface area contributed by atoms with E-state index in [4.69, 9.17) is 17.3 Å². The molecule has 0 unspecified atom stereocenters. The molecule has 4 rings (SSSR count). The summed E-state index contributed by atoms with van der Waals surface area (Å²) in [5, 5.41) is 5.92. The summed E-state index contributed by atoms with van der Waals surface area (Å²) in [4.78, 5) is 59.3. The van der Waals surface area contributed by atoms with Gasteiger partial charge in [-0.15, -0.1) is 0 Å². The van der Waals surface area contributed by atoms with Crippen molar-refractivity contribution in [2.24, 2.45) is 17.6 Å². The molecular formula is C23H29ClN6O4. The van der Waals surface area contributed by atoms with Crippen molar-refractivity contribution in [2.45, 2.75) is 50.6 Å². The Morgan fingerprint density at radius 1 is 1.26 bits per heavy atom. The van der Waals surface area contributed by atoms with Gasteiger partial charge in [0.2, 0.25) is 17.7 Å². The van der Waals surface area contributed by atoms with Crippen molar-refractivity contribution in [3.63, 3.8) is 0 Å². The van der Waals surface area contributed by atoms with Gasteiger partial charge in [0.15, 0.2) is 5.82 Å². The number of aromatic amines is 1. The number of aromatic nitrogens is 2. The second-order valence-corrected chi connectivity index (χ2v) is 9.57. The van der Waals surface area contributed by atoms with Gasteiger partial charge in [0.25, 0.3) is 5.91 Å². The third kappa shape index (κ3) is 5.32. The van der Waals surface area contributed by atoms with E-state index in [1.165, 1.54) is 11.9 Å². The molecule has 34 heavy (non-hydrogen) atoms. The summed E-state index contributed by atoms with van der Waals surface area (Å²) in [6, 6.07) is 3.35. The normalized spacial score (nSPS) is 19.8. The van der Waals surface area contributed by atoms with Crippen LogP contribution < -0.4 is 16.4 Å². The maximum atomic E-state index is 13.3. The first-order valence-electron chi connectivity index (χ1n) is 11.5. The Hall–Kier alpha value is -3.14. The molecule has 1 saturated carbocycles. The number of benzene rings is 1. The van der Waals surface area contributed by atoms with Crippen molar-refractivity contribution < 1.29 is 19.2 Å². The molecule has 1 saturated heterocycles. The fraction of sp³-hybridized carbons (Fsp3) is 0.522. The highest BCUT2D eigenvalue weighted by atomic mass is 35.5. The standard InChI is InChI=1S/C23H29ClN6O4/c1-30(23(34)20-27-15-6-2-5-14(24)18(15)29-20)17(10-12-7-8-12)22(33)28-16(19(25)31)11-13-4-3-9-26-21(13)32/h2,5-6,12-13,16-17H,3-4,7-11H2,1H3,(H2,25,31)(H,26,32)(H,27,29)(H,28,33)/t13-,16-,17-/m0/s1. The van der Waals surface area contributed by atoms with Crippen molar-refractivity contribution in [1.29, 1.82) is 0 Å². The molecule has 11 heteroatoms. The van der Waals surface area contributed by atoms with Crippen LogP contribution in [0.25, 0.3) is 11.0 Å². The number of likely N-dealkylation sites (N-methyl/N-ethyl adjacent to an activating group) is 1. The number of hydrogen-bond donors (Lipinski definition) is 4. The second kappa shape index (κ2) is 10.0. The van der Waals surface area contributed by atoms with Crippen molar-refractivity contribution >= 4 is 46.3 Å². The summed E-state index contributed by atoms with van der Waals surface area (Å²) in [5.41, 5.74) is 6.65. The van der Waals surface area contributed by atoms with Gasteiger partial charge in [-0.25, -0.2) is 4.98 Å². The molecule has 5 N–H and O–H groups in total. The number of primary amides is 1. The van der Waals surface area contributed by atoms with E-state index < -0.39 is 35.7 Å². The van der Waals surface area contributed by atoms with Crippen molar-refractivity contribution in [3.05, 3.63) is 29.0 Å². The lowest BCUT2D eigenvalue weighted by Crippen LogP contribution is -2.54. The van der Waals surface area contributed by atoms with Gasteiger partial charge in [-0.3, -0.25) is 19.2 Å². The van der Waals surface area contributed by atoms with Gasteiger partial charge >= 0.3 is 0 Å². The van der Waals surface area contributed by atoms with E-state index in [2.05, 4.69) is 20.6 Å². The number of piperidine rings is 1. The molecule has 1 aliphatic carbocycles. The number of imidazole rings is 1. The number of nitrogens with zero attached hydrogens (tertiary/aromatic N) is 2. The molecule has 2 fully saturated rings. The average molecular weight is 489 g/mol. The summed E-state index contributed by atoms with van der Waals surface area (Å²) in [5.74, 6) is -1.79. The molecule has 1 aromatic heterocycles. The van der Waals surface area contributed by atoms with E-state index in [-0.39, 0.29) is 18.2 Å². The summed E-state index contributed by atoms with van der Waals surface area (Å²) in [6.45, 7) is 0.603. The van der Waals surface area contributed by atoms with Crippen LogP contribution in [0.1, 0.15) is 49.1 Å². The van der Waals surface area contributed by atoms with Crippen LogP contribution in [0.5, 0.6) is 0 Å². The lowest BCUT2D eigenvalue weighted by Gasteiger charge is -2.30. The number of nitrogens with two attached hydrogens (primary N) is 1. The minimum absolute atomic E-state index is 0.0736. The van der Waals surface area contributed by atoms with Crippen LogP contribution in [-0.2, 0) is 14.4 Å². The Morgan fingerprint density at radius 3 is 2.68 bits per heavy atom. The molecule has 1 aromatic carbocycles. The van der Waals surface area contributed by atoms with Crippen LogP contribution in [0.4, 0.5) is 0 Å². The van der Waals surface area contributed by atoms with E-state index in [0.29, 0.717) is 41.4 Å². The van der Waals surface area contributed by atoms with Gasteiger partial charge in [-0.05, 0) is 43.7 Å². The molecule has 4 amide bonds. The Labute approximate surface area is 202 Å². The first kappa shape index (κ1) is 24.0. The number of carbonyl (C=O) groups is 4. The lowest BCUT2D eigenvalue weighted by atomic mass is 9.91. The van der Waals surface area contributed by atoms with Gasteiger partial charge in [0, 0.05) is 19.5 Å². The van der Waals surface area contributed by atoms with Gasteiger partial charge in [-0.1, -0.05) is 30.5 Å². The number of rotatable bonds is 9. The summed E-state index contributed by atoms with van der Waals surface area (Å²) in [6.07, 6.45) is 3.98. The van der Waals surface area contributed by atoms with Crippen LogP contribution in [0.2, 0.25) is 5.02 Å². The maximum Gasteiger partial charge on any atom is 0.290 e. The molecule has 10 nitrogen and oxygen atoms in total. The molecule has 3 atom stereocenters. The van der Waals surface area contributed by atoms with E-state index >= 15 is 0 Å². The molecule has 182 valence electrons. The SMILES string of the molecule is CN(C(=O)c1nc2cccc(Cl)c2[nH]1)[C@@H](CC1CC1)C(=O)N[C@@H](C[C@@H]1CCCNC1=O)C(N)=O. The number of carbonyl (C=O) groups excluding carboxylic acids is 4. The number of fused-ring (bicyclic) bond motifs is 1. The fourth-order valence-electron chi connectivity index (χ4n) is 4.38. The highest BCUT2D eigenvalue weighted by molar-refractivity contribution is 6.35. The minimum Gasteiger partial charge on any atom is -0.368 e. The smallest absolute Gasteiger partial charge is 0.290 e. The molecular weight excluding hydrogens is 460 g/mol. The number of halogens is 1. The third-order valence-corrected chi connectivity index (χ3v) is 6.91. The summed E-state index contributed by atoms with van der Waals surface area (Å²) < 4.78 is 0. The number of hydrogen-bond acceptors (Lipinski definition) is 5. The van der Waals surface area contributed by atoms with E-state index in [0.717, 1.165) is 19.3 Å².